The SMILES string of the molecule is CC(CCc1ccco1)NC(=O)NC1(C(=O)O)CCOC1. The minimum atomic E-state index is -1.31. The fourth-order valence-corrected chi connectivity index (χ4v) is 2.25. The average Bonchev–Trinajstić information content (AvgIpc) is 3.07. The van der Waals surface area contributed by atoms with E-state index in [4.69, 9.17) is 9.15 Å². The van der Waals surface area contributed by atoms with Crippen molar-refractivity contribution in [3.05, 3.63) is 24.2 Å². The molecule has 0 radical (unpaired) electrons. The van der Waals surface area contributed by atoms with Crippen molar-refractivity contribution in [2.45, 2.75) is 37.8 Å². The lowest BCUT2D eigenvalue weighted by molar-refractivity contribution is -0.144. The molecule has 0 spiro atoms. The fourth-order valence-electron chi connectivity index (χ4n) is 2.25. The third kappa shape index (κ3) is 3.98. The first-order valence-corrected chi connectivity index (χ1v) is 6.94. The molecule has 0 saturated carbocycles. The molecule has 1 saturated heterocycles. The van der Waals surface area contributed by atoms with Gasteiger partial charge in [-0.25, -0.2) is 9.59 Å². The lowest BCUT2D eigenvalue weighted by Crippen LogP contribution is -2.58. The van der Waals surface area contributed by atoms with Crippen LogP contribution in [-0.4, -0.2) is 41.9 Å². The van der Waals surface area contributed by atoms with E-state index >= 15 is 0 Å². The van der Waals surface area contributed by atoms with Gasteiger partial charge >= 0.3 is 12.0 Å². The maximum Gasteiger partial charge on any atom is 0.332 e. The summed E-state index contributed by atoms with van der Waals surface area (Å²) in [6.07, 6.45) is 3.30. The standard InChI is InChI=1S/C14H20N2O5/c1-10(4-5-11-3-2-7-21-11)15-13(19)16-14(12(17)18)6-8-20-9-14/h2-3,7,10H,4-6,8-9H2,1H3,(H,17,18)(H2,15,16,19). The monoisotopic (exact) mass is 296 g/mol. The highest BCUT2D eigenvalue weighted by atomic mass is 16.5. The van der Waals surface area contributed by atoms with Crippen molar-refractivity contribution in [3.63, 3.8) is 0 Å². The number of aryl methyl sites for hydroxylation is 1. The molecular weight excluding hydrogens is 276 g/mol. The van der Waals surface area contributed by atoms with E-state index in [0.717, 1.165) is 5.76 Å². The number of rotatable bonds is 6. The minimum Gasteiger partial charge on any atom is -0.479 e. The van der Waals surface area contributed by atoms with Crippen LogP contribution in [0, 0.1) is 0 Å². The van der Waals surface area contributed by atoms with Gasteiger partial charge in [-0.15, -0.1) is 0 Å². The highest BCUT2D eigenvalue weighted by Gasteiger charge is 2.44. The van der Waals surface area contributed by atoms with Gasteiger partial charge in [-0.3, -0.25) is 0 Å². The van der Waals surface area contributed by atoms with Gasteiger partial charge in [-0.05, 0) is 25.5 Å². The van der Waals surface area contributed by atoms with E-state index in [1.807, 2.05) is 19.1 Å². The van der Waals surface area contributed by atoms with Gasteiger partial charge in [0.1, 0.15) is 5.76 Å². The molecule has 0 aliphatic carbocycles. The summed E-state index contributed by atoms with van der Waals surface area (Å²) < 4.78 is 10.3. The van der Waals surface area contributed by atoms with E-state index in [1.54, 1.807) is 6.26 Å². The fraction of sp³-hybridized carbons (Fsp3) is 0.571. The van der Waals surface area contributed by atoms with Gasteiger partial charge in [0.2, 0.25) is 0 Å². The Hall–Kier alpha value is -2.02. The summed E-state index contributed by atoms with van der Waals surface area (Å²) in [4.78, 5) is 23.2. The zero-order chi connectivity index (χ0) is 15.3. The molecule has 116 valence electrons. The molecule has 1 aromatic rings. The molecule has 1 aliphatic rings. The van der Waals surface area contributed by atoms with Crippen molar-refractivity contribution in [2.24, 2.45) is 0 Å². The molecule has 2 rings (SSSR count). The van der Waals surface area contributed by atoms with Gasteiger partial charge in [0.25, 0.3) is 0 Å². The van der Waals surface area contributed by atoms with E-state index in [0.29, 0.717) is 19.4 Å². The highest BCUT2D eigenvalue weighted by molar-refractivity contribution is 5.86. The first-order chi connectivity index (χ1) is 10.0. The van der Waals surface area contributed by atoms with Crippen LogP contribution in [0.5, 0.6) is 0 Å². The van der Waals surface area contributed by atoms with E-state index in [9.17, 15) is 14.7 Å². The van der Waals surface area contributed by atoms with Gasteiger partial charge < -0.3 is 24.9 Å². The van der Waals surface area contributed by atoms with Gasteiger partial charge in [0, 0.05) is 25.5 Å². The summed E-state index contributed by atoms with van der Waals surface area (Å²) in [5.74, 6) is -0.214. The summed E-state index contributed by atoms with van der Waals surface area (Å²) in [6.45, 7) is 2.19. The highest BCUT2D eigenvalue weighted by Crippen LogP contribution is 2.18. The van der Waals surface area contributed by atoms with Crippen LogP contribution in [0.1, 0.15) is 25.5 Å². The largest absolute Gasteiger partial charge is 0.479 e. The number of nitrogens with one attached hydrogen (secondary N) is 2. The van der Waals surface area contributed by atoms with Crippen LogP contribution in [0.3, 0.4) is 0 Å². The first-order valence-electron chi connectivity index (χ1n) is 6.94. The zero-order valence-electron chi connectivity index (χ0n) is 11.9. The summed E-state index contributed by atoms with van der Waals surface area (Å²) in [7, 11) is 0. The number of carboxylic acid groups (broad SMARTS) is 1. The molecule has 2 unspecified atom stereocenters. The van der Waals surface area contributed by atoms with E-state index < -0.39 is 17.5 Å². The number of hydrogen-bond acceptors (Lipinski definition) is 4. The van der Waals surface area contributed by atoms with Crippen molar-refractivity contribution < 1.29 is 23.8 Å². The number of urea groups is 1. The number of hydrogen-bond donors (Lipinski definition) is 3. The third-order valence-electron chi connectivity index (χ3n) is 3.57. The quantitative estimate of drug-likeness (QED) is 0.731. The molecule has 0 aromatic carbocycles. The maximum absolute atomic E-state index is 11.9. The second-order valence-corrected chi connectivity index (χ2v) is 5.31. The van der Waals surface area contributed by atoms with Crippen molar-refractivity contribution in [2.75, 3.05) is 13.2 Å². The molecular formula is C14H20N2O5. The maximum atomic E-state index is 11.9. The van der Waals surface area contributed by atoms with Gasteiger partial charge in [-0.2, -0.15) is 0 Å². The number of carbonyl (C=O) groups excluding carboxylic acids is 1. The number of amides is 2. The van der Waals surface area contributed by atoms with Crippen molar-refractivity contribution in [3.8, 4) is 0 Å². The molecule has 2 atom stereocenters. The van der Waals surface area contributed by atoms with Crippen LogP contribution in [0.15, 0.2) is 22.8 Å². The second kappa shape index (κ2) is 6.62. The Kier molecular flexibility index (Phi) is 4.85. The van der Waals surface area contributed by atoms with Gasteiger partial charge in [-0.1, -0.05) is 0 Å². The Morgan fingerprint density at radius 1 is 1.52 bits per heavy atom. The van der Waals surface area contributed by atoms with E-state index in [-0.39, 0.29) is 19.1 Å². The molecule has 7 heteroatoms. The van der Waals surface area contributed by atoms with Crippen LogP contribution in [0.2, 0.25) is 0 Å². The first kappa shape index (κ1) is 15.4. The predicted octanol–water partition coefficient (Wildman–Crippen LogP) is 1.14. The molecule has 1 fully saturated rings. The molecule has 2 amide bonds. The number of furan rings is 1. The topological polar surface area (TPSA) is 101 Å². The van der Waals surface area contributed by atoms with Crippen LogP contribution >= 0.6 is 0 Å². The molecule has 0 bridgehead atoms. The molecule has 3 N–H and O–H groups in total. The summed E-state index contributed by atoms with van der Waals surface area (Å²) in [5.41, 5.74) is -1.31. The van der Waals surface area contributed by atoms with Gasteiger partial charge in [0.05, 0.1) is 12.9 Å². The Bertz CT molecular complexity index is 480. The number of ether oxygens (including phenoxy) is 1. The van der Waals surface area contributed by atoms with Crippen LogP contribution in [0.4, 0.5) is 4.79 Å². The van der Waals surface area contributed by atoms with Crippen LogP contribution < -0.4 is 10.6 Å². The number of aliphatic carboxylic acids is 1. The lowest BCUT2D eigenvalue weighted by Gasteiger charge is -2.25. The summed E-state index contributed by atoms with van der Waals surface area (Å²) in [6, 6.07) is 3.11. The predicted molar refractivity (Wildman–Crippen MR) is 74.0 cm³/mol. The van der Waals surface area contributed by atoms with Crippen molar-refractivity contribution >= 4 is 12.0 Å². The summed E-state index contributed by atoms with van der Waals surface area (Å²) in [5, 5.41) is 14.5. The zero-order valence-corrected chi connectivity index (χ0v) is 11.9. The minimum absolute atomic E-state index is 0.00344. The third-order valence-corrected chi connectivity index (χ3v) is 3.57. The molecule has 1 aromatic heterocycles. The number of carbonyl (C=O) groups is 2. The Labute approximate surface area is 122 Å². The van der Waals surface area contributed by atoms with Crippen molar-refractivity contribution in [1.82, 2.24) is 10.6 Å². The lowest BCUT2D eigenvalue weighted by atomic mass is 9.99. The van der Waals surface area contributed by atoms with Crippen molar-refractivity contribution in [1.29, 1.82) is 0 Å². The summed E-state index contributed by atoms with van der Waals surface area (Å²) >= 11 is 0. The second-order valence-electron chi connectivity index (χ2n) is 5.31. The van der Waals surface area contributed by atoms with Crippen LogP contribution in [0.25, 0.3) is 0 Å². The Balaban J connectivity index is 1.79. The Morgan fingerprint density at radius 2 is 2.33 bits per heavy atom. The normalized spacial score (nSPS) is 22.7. The molecule has 2 heterocycles. The smallest absolute Gasteiger partial charge is 0.332 e. The molecule has 7 nitrogen and oxygen atoms in total. The van der Waals surface area contributed by atoms with E-state index in [1.165, 1.54) is 0 Å². The Morgan fingerprint density at radius 3 is 2.90 bits per heavy atom. The average molecular weight is 296 g/mol. The number of carboxylic acids is 1. The van der Waals surface area contributed by atoms with Gasteiger partial charge in [0.15, 0.2) is 5.54 Å². The molecule has 1 aliphatic heterocycles. The molecule has 21 heavy (non-hydrogen) atoms. The van der Waals surface area contributed by atoms with Crippen LogP contribution in [-0.2, 0) is 16.0 Å². The van der Waals surface area contributed by atoms with E-state index in [2.05, 4.69) is 10.6 Å².